The molecule has 8 nitrogen and oxygen atoms in total. The number of allylic oxidation sites excluding steroid dienone is 4. The number of hydrogen-bond acceptors (Lipinski definition) is 4. The Morgan fingerprint density at radius 1 is 0.344 bits per heavy atom. The van der Waals surface area contributed by atoms with E-state index in [9.17, 15) is 0 Å². The standard InChI is InChI=1S/C56H58N8/c1-5-45-47(7-3)55-49(51-27-25-41(61-51)31-39-19-17-35(57-39)29-37-21-23-43(59-37)33-53(45)63-55)15-13-11-9-10-12-14-16-50-52-28-26-42(62-52)32-40-20-18-36(58-40)30-38-22-24-44(60-38)34-54-46(6-2)48(8-4)56(50)64-54/h17-34,57-60H,5-16H2,1-4H3. The molecule has 0 saturated heterocycles. The Labute approximate surface area is 375 Å². The molecule has 6 aromatic heterocycles. The number of hydrogen-bond donors (Lipinski definition) is 4. The highest BCUT2D eigenvalue weighted by Gasteiger charge is 2.24. The summed E-state index contributed by atoms with van der Waals surface area (Å²) >= 11 is 0. The van der Waals surface area contributed by atoms with Crippen LogP contribution in [0.25, 0.3) is 90.7 Å². The smallest absolute Gasteiger partial charge is 0.0725 e. The van der Waals surface area contributed by atoms with Crippen molar-refractivity contribution in [3.05, 3.63) is 142 Å². The lowest BCUT2D eigenvalue weighted by molar-refractivity contribution is 0.592. The molecule has 4 N–H and O–H groups in total. The number of aromatic amines is 4. The number of H-pyrrole nitrogens is 4. The first-order valence-corrected chi connectivity index (χ1v) is 23.7. The Kier molecular flexibility index (Phi) is 11.7. The summed E-state index contributed by atoms with van der Waals surface area (Å²) in [5, 5.41) is 0. The van der Waals surface area contributed by atoms with Crippen molar-refractivity contribution >= 4 is 90.7 Å². The molecule has 10 rings (SSSR count). The summed E-state index contributed by atoms with van der Waals surface area (Å²) in [4.78, 5) is 35.5. The molecule has 0 spiro atoms. The summed E-state index contributed by atoms with van der Waals surface area (Å²) in [6.07, 6.45) is 21.3. The third-order valence-corrected chi connectivity index (χ3v) is 13.2. The molecule has 0 fully saturated rings. The molecule has 0 radical (unpaired) electrons. The van der Waals surface area contributed by atoms with Crippen molar-refractivity contribution < 1.29 is 0 Å². The third kappa shape index (κ3) is 8.49. The highest BCUT2D eigenvalue weighted by molar-refractivity contribution is 5.95. The fraction of sp³-hybridized carbons (Fsp3) is 0.286. The monoisotopic (exact) mass is 842 g/mol. The van der Waals surface area contributed by atoms with Crippen LogP contribution in [-0.4, -0.2) is 39.9 Å². The highest BCUT2D eigenvalue weighted by atomic mass is 14.8. The second-order valence-corrected chi connectivity index (χ2v) is 17.5. The Bertz CT molecular complexity index is 3010. The first-order valence-electron chi connectivity index (χ1n) is 23.7. The van der Waals surface area contributed by atoms with Crippen LogP contribution in [0.2, 0.25) is 0 Å². The van der Waals surface area contributed by atoms with Gasteiger partial charge in [0.25, 0.3) is 0 Å². The van der Waals surface area contributed by atoms with E-state index < -0.39 is 0 Å². The summed E-state index contributed by atoms with van der Waals surface area (Å²) < 4.78 is 0. The largest absolute Gasteiger partial charge is 0.355 e. The molecule has 4 aliphatic rings. The van der Waals surface area contributed by atoms with E-state index >= 15 is 0 Å². The SMILES string of the molecule is CCC1=C(CC)c2nc1cc1ccc(cc3ccc(cc4nc(c2CCCCCCCCc2c5nc(cc6ccc(cc7ccc(cc8nc2C(CC)=C8CC)[nH]7)[nH]6)C=C5)C=C4)[nH]3)[nH]1. The first-order chi connectivity index (χ1) is 31.4. The molecule has 0 amide bonds. The van der Waals surface area contributed by atoms with Crippen molar-refractivity contribution in [3.63, 3.8) is 0 Å². The lowest BCUT2D eigenvalue weighted by Gasteiger charge is -2.10. The van der Waals surface area contributed by atoms with Gasteiger partial charge in [-0.1, -0.05) is 53.4 Å². The fourth-order valence-corrected chi connectivity index (χ4v) is 10.0. The Balaban J connectivity index is 0.898. The van der Waals surface area contributed by atoms with E-state index in [2.05, 4.69) is 157 Å². The molecule has 0 atom stereocenters. The molecule has 10 heterocycles. The molecule has 0 aromatic carbocycles. The van der Waals surface area contributed by atoms with Gasteiger partial charge in [-0.25, -0.2) is 19.9 Å². The molecule has 8 heteroatoms. The highest BCUT2D eigenvalue weighted by Crippen LogP contribution is 2.39. The van der Waals surface area contributed by atoms with Crippen molar-refractivity contribution in [1.29, 1.82) is 0 Å². The summed E-state index contributed by atoms with van der Waals surface area (Å²) in [7, 11) is 0. The van der Waals surface area contributed by atoms with Crippen LogP contribution in [0, 0.1) is 0 Å². The fourth-order valence-electron chi connectivity index (χ4n) is 10.0. The number of nitrogens with zero attached hydrogens (tertiary/aromatic N) is 4. The van der Waals surface area contributed by atoms with Gasteiger partial charge in [-0.15, -0.1) is 0 Å². The van der Waals surface area contributed by atoms with Crippen LogP contribution in [0.4, 0.5) is 0 Å². The van der Waals surface area contributed by atoms with Gasteiger partial charge >= 0.3 is 0 Å². The van der Waals surface area contributed by atoms with Crippen LogP contribution in [0.5, 0.6) is 0 Å². The minimum atomic E-state index is 0.940. The summed E-state index contributed by atoms with van der Waals surface area (Å²) in [6, 6.07) is 30.1. The van der Waals surface area contributed by atoms with Crippen molar-refractivity contribution in [1.82, 2.24) is 39.9 Å². The molecule has 0 saturated carbocycles. The maximum Gasteiger partial charge on any atom is 0.0725 e. The van der Waals surface area contributed by atoms with E-state index in [1.807, 2.05) is 0 Å². The van der Waals surface area contributed by atoms with Gasteiger partial charge < -0.3 is 19.9 Å². The summed E-state index contributed by atoms with van der Waals surface area (Å²) in [6.45, 7) is 9.05. The van der Waals surface area contributed by atoms with Gasteiger partial charge in [-0.05, 0) is 183 Å². The first kappa shape index (κ1) is 41.2. The zero-order chi connectivity index (χ0) is 43.6. The van der Waals surface area contributed by atoms with Gasteiger partial charge in [0.15, 0.2) is 0 Å². The number of nitrogens with one attached hydrogen (secondary N) is 4. The number of fused-ring (bicyclic) bond motifs is 16. The van der Waals surface area contributed by atoms with E-state index in [0.29, 0.717) is 0 Å². The summed E-state index contributed by atoms with van der Waals surface area (Å²) in [5.41, 5.74) is 24.8. The number of aromatic nitrogens is 8. The average molecular weight is 843 g/mol. The summed E-state index contributed by atoms with van der Waals surface area (Å²) in [5.74, 6) is 0. The normalized spacial score (nSPS) is 13.5. The predicted molar refractivity (Wildman–Crippen MR) is 270 cm³/mol. The molecular weight excluding hydrogens is 785 g/mol. The molecule has 64 heavy (non-hydrogen) atoms. The van der Waals surface area contributed by atoms with Crippen LogP contribution in [-0.2, 0) is 12.8 Å². The average Bonchev–Trinajstić information content (AvgIpc) is 4.16. The molecule has 0 aliphatic carbocycles. The quantitative estimate of drug-likeness (QED) is 0.0865. The van der Waals surface area contributed by atoms with Crippen LogP contribution in [0.1, 0.15) is 149 Å². The lowest BCUT2D eigenvalue weighted by atomic mass is 9.94. The van der Waals surface area contributed by atoms with Gasteiger partial charge in [-0.2, -0.15) is 0 Å². The van der Waals surface area contributed by atoms with E-state index in [4.69, 9.17) is 19.9 Å². The van der Waals surface area contributed by atoms with Crippen LogP contribution < -0.4 is 0 Å². The van der Waals surface area contributed by atoms with Crippen LogP contribution in [0.15, 0.2) is 84.9 Å². The number of rotatable bonds is 13. The zero-order valence-corrected chi connectivity index (χ0v) is 37.7. The van der Waals surface area contributed by atoms with E-state index in [1.165, 1.54) is 59.1 Å². The van der Waals surface area contributed by atoms with Gasteiger partial charge in [-0.3, -0.25) is 0 Å². The Hall–Kier alpha value is -6.80. The molecule has 0 unspecified atom stereocenters. The van der Waals surface area contributed by atoms with Crippen molar-refractivity contribution in [3.8, 4) is 0 Å². The second-order valence-electron chi connectivity index (χ2n) is 17.5. The molecule has 6 aromatic rings. The number of unbranched alkanes of at least 4 members (excludes halogenated alkanes) is 5. The van der Waals surface area contributed by atoms with Gasteiger partial charge in [0.1, 0.15) is 0 Å². The van der Waals surface area contributed by atoms with E-state index in [0.717, 1.165) is 141 Å². The molecule has 322 valence electrons. The topological polar surface area (TPSA) is 115 Å². The molecule has 4 aliphatic heterocycles. The maximum atomic E-state index is 5.42. The predicted octanol–water partition coefficient (Wildman–Crippen LogP) is 14.9. The maximum absolute atomic E-state index is 5.42. The van der Waals surface area contributed by atoms with Gasteiger partial charge in [0.2, 0.25) is 0 Å². The van der Waals surface area contributed by atoms with E-state index in [-0.39, 0.29) is 0 Å². The molecule has 16 bridgehead atoms. The van der Waals surface area contributed by atoms with Crippen LogP contribution >= 0.6 is 0 Å². The van der Waals surface area contributed by atoms with Gasteiger partial charge in [0, 0.05) is 55.3 Å². The minimum Gasteiger partial charge on any atom is -0.355 e. The van der Waals surface area contributed by atoms with Crippen molar-refractivity contribution in [2.45, 2.75) is 105 Å². The Morgan fingerprint density at radius 2 is 0.672 bits per heavy atom. The zero-order valence-electron chi connectivity index (χ0n) is 37.7. The van der Waals surface area contributed by atoms with Gasteiger partial charge in [0.05, 0.1) is 45.6 Å². The molecular formula is C56H58N8. The Morgan fingerprint density at radius 3 is 1.03 bits per heavy atom. The second kappa shape index (κ2) is 18.1. The van der Waals surface area contributed by atoms with Crippen molar-refractivity contribution in [2.24, 2.45) is 0 Å². The van der Waals surface area contributed by atoms with Crippen LogP contribution in [0.3, 0.4) is 0 Å². The third-order valence-electron chi connectivity index (χ3n) is 13.2. The van der Waals surface area contributed by atoms with Crippen molar-refractivity contribution in [2.75, 3.05) is 0 Å². The lowest BCUT2D eigenvalue weighted by Crippen LogP contribution is -1.98. The van der Waals surface area contributed by atoms with E-state index in [1.54, 1.807) is 0 Å². The minimum absolute atomic E-state index is 0.940.